The van der Waals surface area contributed by atoms with Crippen LogP contribution in [0.1, 0.15) is 29.8 Å². The summed E-state index contributed by atoms with van der Waals surface area (Å²) in [5, 5.41) is 8.85. The molecular weight excluding hydrogens is 374 g/mol. The molecule has 0 aliphatic carbocycles. The number of nitrogens with zero attached hydrogens (tertiary/aromatic N) is 2. The van der Waals surface area contributed by atoms with Crippen molar-refractivity contribution in [2.45, 2.75) is 20.4 Å². The highest BCUT2D eigenvalue weighted by molar-refractivity contribution is 9.10. The van der Waals surface area contributed by atoms with Crippen LogP contribution in [0.5, 0.6) is 0 Å². The molecule has 136 valence electrons. The van der Waals surface area contributed by atoms with Crippen LogP contribution in [0.3, 0.4) is 0 Å². The Morgan fingerprint density at radius 3 is 2.54 bits per heavy atom. The Morgan fingerprint density at radius 1 is 1.29 bits per heavy atom. The molecule has 0 fully saturated rings. The van der Waals surface area contributed by atoms with Crippen LogP contribution in [0.2, 0.25) is 0 Å². The van der Waals surface area contributed by atoms with Crippen LogP contribution in [0.4, 0.5) is 5.69 Å². The van der Waals surface area contributed by atoms with Gasteiger partial charge >= 0.3 is 5.97 Å². The quantitative estimate of drug-likeness (QED) is 0.460. The maximum Gasteiger partial charge on any atom is 0.338 e. The number of carbonyl (C=O) groups is 1. The molecule has 0 aliphatic heterocycles. The summed E-state index contributed by atoms with van der Waals surface area (Å²) in [6.45, 7) is 8.21. The largest absolute Gasteiger partial charge is 0.461 e. The lowest BCUT2D eigenvalue weighted by atomic mass is 10.1. The first kappa shape index (κ1) is 20.9. The second kappa shape index (κ2) is 10.7. The van der Waals surface area contributed by atoms with E-state index in [0.717, 1.165) is 18.7 Å². The number of carbonyl (C=O) groups excluding carboxylic acids is 1. The van der Waals surface area contributed by atoms with Gasteiger partial charge in [-0.05, 0) is 53.8 Å². The third-order valence-corrected chi connectivity index (χ3v) is 4.58. The second-order valence-electron chi connectivity index (χ2n) is 5.66. The first-order chi connectivity index (χ1) is 11.4. The Kier molecular flexibility index (Phi) is 9.28. The van der Waals surface area contributed by atoms with Crippen molar-refractivity contribution < 1.29 is 14.6 Å². The zero-order valence-electron chi connectivity index (χ0n) is 14.7. The van der Waals surface area contributed by atoms with Crippen LogP contribution in [0.25, 0.3) is 0 Å². The van der Waals surface area contributed by atoms with Crippen molar-refractivity contribution in [1.29, 1.82) is 0 Å². The van der Waals surface area contributed by atoms with E-state index in [1.807, 2.05) is 11.9 Å². The smallest absolute Gasteiger partial charge is 0.338 e. The van der Waals surface area contributed by atoms with E-state index in [4.69, 9.17) is 15.6 Å². The van der Waals surface area contributed by atoms with Gasteiger partial charge in [0.2, 0.25) is 0 Å². The highest BCUT2D eigenvalue weighted by Crippen LogP contribution is 2.27. The third-order valence-electron chi connectivity index (χ3n) is 3.93. The zero-order valence-corrected chi connectivity index (χ0v) is 16.3. The van der Waals surface area contributed by atoms with Gasteiger partial charge in [0, 0.05) is 24.1 Å². The number of ether oxygens (including phenoxy) is 1. The summed E-state index contributed by atoms with van der Waals surface area (Å²) in [4.78, 5) is 16.4. The van der Waals surface area contributed by atoms with Crippen molar-refractivity contribution in [2.24, 2.45) is 0 Å². The predicted molar refractivity (Wildman–Crippen MR) is 100 cm³/mol. The van der Waals surface area contributed by atoms with Gasteiger partial charge in [0.1, 0.15) is 6.61 Å². The van der Waals surface area contributed by atoms with Gasteiger partial charge in [-0.1, -0.05) is 13.8 Å². The van der Waals surface area contributed by atoms with Crippen LogP contribution in [0.15, 0.2) is 16.6 Å². The summed E-state index contributed by atoms with van der Waals surface area (Å²) >= 11 is 3.42. The van der Waals surface area contributed by atoms with E-state index >= 15 is 0 Å². The van der Waals surface area contributed by atoms with Gasteiger partial charge in [0.05, 0.1) is 17.9 Å². The molecule has 0 saturated carbocycles. The molecule has 0 saturated heterocycles. The van der Waals surface area contributed by atoms with E-state index in [1.165, 1.54) is 0 Å². The minimum absolute atomic E-state index is 0.0874. The normalized spacial score (nSPS) is 11.3. The van der Waals surface area contributed by atoms with E-state index in [9.17, 15) is 4.79 Å². The summed E-state index contributed by atoms with van der Waals surface area (Å²) in [5.41, 5.74) is 8.18. The molecule has 0 bridgehead atoms. The Labute approximate surface area is 152 Å². The lowest BCUT2D eigenvalue weighted by Crippen LogP contribution is -2.27. The van der Waals surface area contributed by atoms with Crippen molar-refractivity contribution in [3.05, 3.63) is 27.7 Å². The van der Waals surface area contributed by atoms with Crippen molar-refractivity contribution in [2.75, 3.05) is 52.2 Å². The molecule has 0 aliphatic rings. The molecule has 1 aromatic carbocycles. The van der Waals surface area contributed by atoms with Gasteiger partial charge in [0.25, 0.3) is 0 Å². The molecule has 24 heavy (non-hydrogen) atoms. The fourth-order valence-corrected chi connectivity index (χ4v) is 2.77. The van der Waals surface area contributed by atoms with Crippen molar-refractivity contribution >= 4 is 27.6 Å². The van der Waals surface area contributed by atoms with Gasteiger partial charge in [-0.25, -0.2) is 4.79 Å². The lowest BCUT2D eigenvalue weighted by Gasteiger charge is -2.20. The van der Waals surface area contributed by atoms with Crippen LogP contribution in [-0.4, -0.2) is 67.3 Å². The van der Waals surface area contributed by atoms with E-state index in [2.05, 4.69) is 34.7 Å². The van der Waals surface area contributed by atoms with Crippen molar-refractivity contribution in [3.63, 3.8) is 0 Å². The average molecular weight is 402 g/mol. The topological polar surface area (TPSA) is 79.0 Å². The molecule has 7 heteroatoms. The summed E-state index contributed by atoms with van der Waals surface area (Å²) in [7, 11) is 1.87. The SMILES string of the molecule is CCN(CC)Cc1cc(C(=O)OCCN(C)CCO)cc(Br)c1N. The first-order valence-corrected chi connectivity index (χ1v) is 8.98. The summed E-state index contributed by atoms with van der Waals surface area (Å²) in [5.74, 6) is -0.367. The van der Waals surface area contributed by atoms with E-state index < -0.39 is 0 Å². The lowest BCUT2D eigenvalue weighted by molar-refractivity contribution is 0.0467. The maximum absolute atomic E-state index is 12.3. The maximum atomic E-state index is 12.3. The molecule has 1 rings (SSSR count). The average Bonchev–Trinajstić information content (AvgIpc) is 2.56. The number of hydrogen-bond donors (Lipinski definition) is 2. The zero-order chi connectivity index (χ0) is 18.1. The second-order valence-corrected chi connectivity index (χ2v) is 6.51. The van der Waals surface area contributed by atoms with Gasteiger partial charge in [-0.15, -0.1) is 0 Å². The van der Waals surface area contributed by atoms with Gasteiger partial charge in [-0.3, -0.25) is 4.90 Å². The molecule has 1 aromatic rings. The van der Waals surface area contributed by atoms with Crippen LogP contribution in [-0.2, 0) is 11.3 Å². The molecule has 0 spiro atoms. The van der Waals surface area contributed by atoms with E-state index in [1.54, 1.807) is 12.1 Å². The van der Waals surface area contributed by atoms with Gasteiger partial charge in [0.15, 0.2) is 0 Å². The summed E-state index contributed by atoms with van der Waals surface area (Å²) < 4.78 is 6.02. The number of likely N-dealkylation sites (N-methyl/N-ethyl adjacent to an activating group) is 1. The molecule has 0 amide bonds. The fourth-order valence-electron chi connectivity index (χ4n) is 2.27. The number of esters is 1. The van der Waals surface area contributed by atoms with Gasteiger partial charge < -0.3 is 20.5 Å². The molecule has 0 aromatic heterocycles. The Morgan fingerprint density at radius 2 is 1.96 bits per heavy atom. The summed E-state index contributed by atoms with van der Waals surface area (Å²) in [6, 6.07) is 3.50. The minimum atomic E-state index is -0.367. The number of rotatable bonds is 10. The molecule has 0 radical (unpaired) electrons. The number of aliphatic hydroxyl groups is 1. The first-order valence-electron chi connectivity index (χ1n) is 8.19. The minimum Gasteiger partial charge on any atom is -0.461 e. The van der Waals surface area contributed by atoms with Gasteiger partial charge in [-0.2, -0.15) is 0 Å². The fraction of sp³-hybridized carbons (Fsp3) is 0.588. The Balaban J connectivity index is 2.76. The standard InChI is InChI=1S/C17H28BrN3O3/c1-4-21(5-2)12-14-10-13(11-15(18)16(14)19)17(23)24-9-7-20(3)6-8-22/h10-11,22H,4-9,12,19H2,1-3H3. The molecule has 3 N–H and O–H groups in total. The van der Waals surface area contributed by atoms with Crippen molar-refractivity contribution in [3.8, 4) is 0 Å². The number of hydrogen-bond acceptors (Lipinski definition) is 6. The Bertz CT molecular complexity index is 536. The van der Waals surface area contributed by atoms with Crippen LogP contribution in [0, 0.1) is 0 Å². The number of nitrogens with two attached hydrogens (primary N) is 1. The molecular formula is C17H28BrN3O3. The van der Waals surface area contributed by atoms with E-state index in [-0.39, 0.29) is 19.2 Å². The summed E-state index contributed by atoms with van der Waals surface area (Å²) in [6.07, 6.45) is 0. The Hall–Kier alpha value is -1.15. The molecule has 6 nitrogen and oxygen atoms in total. The molecule has 0 atom stereocenters. The molecule has 0 heterocycles. The highest BCUT2D eigenvalue weighted by atomic mass is 79.9. The number of halogens is 1. The van der Waals surface area contributed by atoms with Crippen molar-refractivity contribution in [1.82, 2.24) is 9.80 Å². The van der Waals surface area contributed by atoms with Crippen LogP contribution >= 0.6 is 15.9 Å². The third kappa shape index (κ3) is 6.39. The number of aliphatic hydroxyl groups excluding tert-OH is 1. The van der Waals surface area contributed by atoms with E-state index in [0.29, 0.717) is 35.4 Å². The number of anilines is 1. The van der Waals surface area contributed by atoms with Crippen LogP contribution < -0.4 is 5.73 Å². The molecule has 0 unspecified atom stereocenters. The number of nitrogen functional groups attached to an aromatic ring is 1. The monoisotopic (exact) mass is 401 g/mol. The highest BCUT2D eigenvalue weighted by Gasteiger charge is 2.15. The predicted octanol–water partition coefficient (Wildman–Crippen LogP) is 1.95. The number of benzene rings is 1.